The first-order chi connectivity index (χ1) is 16.3. The number of nitrogens with two attached hydrogens (primary N) is 5. The molecule has 0 aromatic carbocycles. The van der Waals surface area contributed by atoms with Crippen molar-refractivity contribution in [3.05, 3.63) is 11.4 Å². The summed E-state index contributed by atoms with van der Waals surface area (Å²) in [5.74, 6) is 10.8. The molecule has 0 unspecified atom stereocenters. The van der Waals surface area contributed by atoms with Crippen molar-refractivity contribution in [2.75, 3.05) is 57.3 Å². The molecule has 0 spiro atoms. The lowest BCUT2D eigenvalue weighted by Crippen LogP contribution is -2.46. The van der Waals surface area contributed by atoms with Crippen molar-refractivity contribution >= 4 is 29.3 Å². The number of rotatable bonds is 11. The Bertz CT molecular complexity index is 849. The van der Waals surface area contributed by atoms with Gasteiger partial charge in [-0.05, 0) is 45.7 Å². The van der Waals surface area contributed by atoms with Gasteiger partial charge < -0.3 is 38.3 Å². The number of aromatic nitrogens is 2. The van der Waals surface area contributed by atoms with E-state index in [1.165, 1.54) is 0 Å². The van der Waals surface area contributed by atoms with Gasteiger partial charge in [-0.15, -0.1) is 0 Å². The van der Waals surface area contributed by atoms with Gasteiger partial charge in [0, 0.05) is 39.1 Å². The van der Waals surface area contributed by atoms with Crippen molar-refractivity contribution in [3.8, 4) is 0 Å². The number of nitrogens with zero attached hydrogens (tertiary/aromatic N) is 6. The van der Waals surface area contributed by atoms with Crippen LogP contribution in [0.15, 0.2) is 10.1 Å². The molecule has 1 fully saturated rings. The van der Waals surface area contributed by atoms with Crippen molar-refractivity contribution < 1.29 is 4.79 Å². The highest BCUT2D eigenvalue weighted by atomic mass is 16.2. The van der Waals surface area contributed by atoms with Crippen molar-refractivity contribution in [2.45, 2.75) is 39.0 Å². The largest absolute Gasteiger partial charge is 0.382 e. The fraction of sp³-hybridized carbons (Fsp3) is 0.650. The summed E-state index contributed by atoms with van der Waals surface area (Å²) >= 11 is 0. The van der Waals surface area contributed by atoms with E-state index in [9.17, 15) is 4.79 Å². The van der Waals surface area contributed by atoms with Crippen LogP contribution < -0.4 is 39.6 Å². The lowest BCUT2D eigenvalue weighted by molar-refractivity contribution is 0.0972. The molecule has 0 radical (unpaired) electrons. The number of unbranched alkanes of at least 4 members (excludes halogenated alkanes) is 2. The Morgan fingerprint density at radius 1 is 1.00 bits per heavy atom. The maximum absolute atomic E-state index is 12.3. The highest BCUT2D eigenvalue weighted by molar-refractivity contribution is 6.06. The zero-order valence-corrected chi connectivity index (χ0v) is 20.0. The van der Waals surface area contributed by atoms with Crippen molar-refractivity contribution in [1.82, 2.24) is 30.5 Å². The average molecular weight is 478 g/mol. The minimum atomic E-state index is -0.559. The van der Waals surface area contributed by atoms with Crippen LogP contribution >= 0.6 is 0 Å². The fourth-order valence-corrected chi connectivity index (χ4v) is 3.61. The molecule has 34 heavy (non-hydrogen) atoms. The van der Waals surface area contributed by atoms with Crippen LogP contribution in [0.25, 0.3) is 0 Å². The highest BCUT2D eigenvalue weighted by Gasteiger charge is 2.17. The molecule has 1 amide bonds. The molecule has 1 aromatic heterocycles. The first-order valence-corrected chi connectivity index (χ1v) is 11.5. The molecule has 1 aliphatic heterocycles. The summed E-state index contributed by atoms with van der Waals surface area (Å²) in [6, 6.07) is 0. The number of nitrogens with one attached hydrogen (secondary N) is 2. The predicted molar refractivity (Wildman–Crippen MR) is 134 cm³/mol. The second-order valence-corrected chi connectivity index (χ2v) is 8.22. The third-order valence-corrected chi connectivity index (χ3v) is 5.68. The molecule has 190 valence electrons. The molecule has 0 saturated carbocycles. The van der Waals surface area contributed by atoms with Crippen LogP contribution in [0, 0.1) is 6.92 Å². The molecule has 1 aromatic rings. The molecule has 0 aliphatic carbocycles. The number of anilines is 2. The molecule has 12 N–H and O–H groups in total. The number of aliphatic imine (C=N–C) groups is 1. The van der Waals surface area contributed by atoms with Crippen molar-refractivity contribution in [2.24, 2.45) is 27.5 Å². The standard InChI is InChI=1S/C20H39N13O/c1-14-17(21)28-18(22)16(27-14)19(34)29-20(23)26-7-3-5-9-33-12-10-32(11-13-33)8-4-2-6-15(30-24)31-25/h2-13,24-25H2,1H3,(H,30,31)(H4,21,22,28)(H3,23,26,29,34). The minimum Gasteiger partial charge on any atom is -0.382 e. The van der Waals surface area contributed by atoms with E-state index in [4.69, 9.17) is 28.9 Å². The highest BCUT2D eigenvalue weighted by Crippen LogP contribution is 2.11. The Morgan fingerprint density at radius 3 is 2.21 bits per heavy atom. The van der Waals surface area contributed by atoms with Gasteiger partial charge in [-0.3, -0.25) is 15.1 Å². The van der Waals surface area contributed by atoms with E-state index in [1.54, 1.807) is 6.92 Å². The molecule has 0 bridgehead atoms. The third kappa shape index (κ3) is 8.96. The number of amidine groups is 1. The topological polar surface area (TPSA) is 228 Å². The first-order valence-electron chi connectivity index (χ1n) is 11.5. The summed E-state index contributed by atoms with van der Waals surface area (Å²) in [6.07, 6.45) is 4.75. The fourth-order valence-electron chi connectivity index (χ4n) is 3.61. The molecule has 2 heterocycles. The van der Waals surface area contributed by atoms with Gasteiger partial charge in [-0.25, -0.2) is 15.8 Å². The predicted octanol–water partition coefficient (Wildman–Crippen LogP) is -1.70. The Morgan fingerprint density at radius 2 is 1.62 bits per heavy atom. The zero-order valence-electron chi connectivity index (χ0n) is 20.0. The van der Waals surface area contributed by atoms with E-state index in [2.05, 4.69) is 40.6 Å². The molecule has 0 atom stereocenters. The number of hydrogen-bond donors (Lipinski definition) is 7. The molecule has 1 saturated heterocycles. The number of guanidine groups is 1. The van der Waals surface area contributed by atoms with E-state index in [1.807, 2.05) is 0 Å². The summed E-state index contributed by atoms with van der Waals surface area (Å²) in [5, 5.41) is 6.09. The maximum atomic E-state index is 12.3. The number of carbonyl (C=O) groups is 1. The SMILES string of the molecule is Cc1nc(C(=O)NC(N)=NCCCCN2CCN(CCCC/C(=N/N)NN)CC2)c(N)nc1N. The Balaban J connectivity index is 1.58. The second-order valence-electron chi connectivity index (χ2n) is 8.22. The second kappa shape index (κ2) is 14.1. The number of hydrazine groups is 1. The number of piperazine rings is 1. The van der Waals surface area contributed by atoms with E-state index < -0.39 is 5.91 Å². The van der Waals surface area contributed by atoms with E-state index >= 15 is 0 Å². The van der Waals surface area contributed by atoms with Gasteiger partial charge in [0.2, 0.25) is 0 Å². The van der Waals surface area contributed by atoms with Gasteiger partial charge in [0.25, 0.3) is 5.91 Å². The molecule has 14 heteroatoms. The smallest absolute Gasteiger partial charge is 0.280 e. The van der Waals surface area contributed by atoms with Crippen LogP contribution in [0.3, 0.4) is 0 Å². The summed E-state index contributed by atoms with van der Waals surface area (Å²) in [6.45, 7) is 8.53. The number of aryl methyl sites for hydroxylation is 1. The number of amides is 1. The van der Waals surface area contributed by atoms with Crippen molar-refractivity contribution in [1.29, 1.82) is 0 Å². The Kier molecular flexibility index (Phi) is 11.2. The number of nitrogen functional groups attached to an aromatic ring is 2. The van der Waals surface area contributed by atoms with Gasteiger partial charge >= 0.3 is 0 Å². The van der Waals surface area contributed by atoms with Crippen LogP contribution in [0.2, 0.25) is 0 Å². The summed E-state index contributed by atoms with van der Waals surface area (Å²) in [7, 11) is 0. The number of carbonyl (C=O) groups excluding carboxylic acids is 1. The van der Waals surface area contributed by atoms with Crippen LogP contribution in [0.5, 0.6) is 0 Å². The average Bonchev–Trinajstić information content (AvgIpc) is 2.82. The van der Waals surface area contributed by atoms with Crippen LogP contribution in [0.4, 0.5) is 11.6 Å². The Hall–Kier alpha value is -3.23. The van der Waals surface area contributed by atoms with Crippen LogP contribution in [-0.2, 0) is 0 Å². The number of hydrazone groups is 1. The summed E-state index contributed by atoms with van der Waals surface area (Å²) in [5.41, 5.74) is 20.1. The first kappa shape index (κ1) is 27.0. The van der Waals surface area contributed by atoms with Gasteiger partial charge in [0.05, 0.1) is 5.69 Å². The van der Waals surface area contributed by atoms with E-state index in [0.717, 1.165) is 71.4 Å². The normalized spacial score (nSPS) is 15.9. The Labute approximate surface area is 200 Å². The maximum Gasteiger partial charge on any atom is 0.280 e. The van der Waals surface area contributed by atoms with Gasteiger partial charge in [-0.1, -0.05) is 0 Å². The van der Waals surface area contributed by atoms with Crippen molar-refractivity contribution in [3.63, 3.8) is 0 Å². The van der Waals surface area contributed by atoms with Crippen LogP contribution in [-0.4, -0.2) is 83.3 Å². The van der Waals surface area contributed by atoms with E-state index in [-0.39, 0.29) is 23.3 Å². The van der Waals surface area contributed by atoms with Gasteiger partial charge in [0.1, 0.15) is 11.7 Å². The molecule has 2 rings (SSSR count). The lowest BCUT2D eigenvalue weighted by Gasteiger charge is -2.34. The van der Waals surface area contributed by atoms with Gasteiger partial charge in [-0.2, -0.15) is 5.10 Å². The third-order valence-electron chi connectivity index (χ3n) is 5.68. The zero-order chi connectivity index (χ0) is 24.9. The molecular formula is C20H39N13O. The van der Waals surface area contributed by atoms with Crippen LogP contribution in [0.1, 0.15) is 48.3 Å². The molecular weight excluding hydrogens is 438 g/mol. The number of hydrogen-bond acceptors (Lipinski definition) is 11. The summed E-state index contributed by atoms with van der Waals surface area (Å²) in [4.78, 5) is 29.4. The monoisotopic (exact) mass is 477 g/mol. The molecule has 14 nitrogen and oxygen atoms in total. The lowest BCUT2D eigenvalue weighted by atomic mass is 10.2. The van der Waals surface area contributed by atoms with E-state index in [0.29, 0.717) is 18.1 Å². The quantitative estimate of drug-likeness (QED) is 0.0624. The van der Waals surface area contributed by atoms with Gasteiger partial charge in [0.15, 0.2) is 17.5 Å². The molecule has 1 aliphatic rings. The minimum absolute atomic E-state index is 0.0225. The summed E-state index contributed by atoms with van der Waals surface area (Å²) < 4.78 is 0.